The van der Waals surface area contributed by atoms with Gasteiger partial charge in [0, 0.05) is 0 Å². The molecule has 1 aromatic carbocycles. The summed E-state index contributed by atoms with van der Waals surface area (Å²) >= 11 is 0. The molecule has 0 bridgehead atoms. The summed E-state index contributed by atoms with van der Waals surface area (Å²) in [5.41, 5.74) is 0.191. The molecule has 0 saturated heterocycles. The molecule has 6 heteroatoms. The smallest absolute Gasteiger partial charge is 0.360 e. The van der Waals surface area contributed by atoms with Crippen molar-refractivity contribution < 1.29 is 14.3 Å². The highest BCUT2D eigenvalue weighted by Crippen LogP contribution is 2.14. The van der Waals surface area contributed by atoms with Crippen LogP contribution in [0, 0.1) is 0 Å². The van der Waals surface area contributed by atoms with Crippen LogP contribution >= 0.6 is 0 Å². The van der Waals surface area contributed by atoms with Crippen LogP contribution in [0.5, 0.6) is 5.75 Å². The fourth-order valence-electron chi connectivity index (χ4n) is 1.71. The van der Waals surface area contributed by atoms with E-state index < -0.39 is 11.5 Å². The SMILES string of the molecule is CCOC(=O)c1[nH]n(-c2ccccc2)c(=O)c1OC. The van der Waals surface area contributed by atoms with E-state index in [1.807, 2.05) is 6.07 Å². The van der Waals surface area contributed by atoms with E-state index in [9.17, 15) is 9.59 Å². The van der Waals surface area contributed by atoms with Gasteiger partial charge in [0.1, 0.15) is 0 Å². The third-order valence-corrected chi connectivity index (χ3v) is 2.55. The monoisotopic (exact) mass is 262 g/mol. The van der Waals surface area contributed by atoms with E-state index in [0.717, 1.165) is 0 Å². The minimum Gasteiger partial charge on any atom is -0.489 e. The van der Waals surface area contributed by atoms with Gasteiger partial charge < -0.3 is 9.47 Å². The molecular weight excluding hydrogens is 248 g/mol. The van der Waals surface area contributed by atoms with Crippen LogP contribution in [0.1, 0.15) is 17.4 Å². The number of hydrogen-bond acceptors (Lipinski definition) is 4. The maximum atomic E-state index is 12.1. The number of nitrogens with zero attached hydrogens (tertiary/aromatic N) is 1. The molecule has 0 fully saturated rings. The molecule has 0 atom stereocenters. The number of hydrogen-bond donors (Lipinski definition) is 1. The lowest BCUT2D eigenvalue weighted by Crippen LogP contribution is -2.15. The predicted molar refractivity (Wildman–Crippen MR) is 68.9 cm³/mol. The van der Waals surface area contributed by atoms with Gasteiger partial charge in [0.25, 0.3) is 0 Å². The third-order valence-electron chi connectivity index (χ3n) is 2.55. The molecule has 6 nitrogen and oxygen atoms in total. The number of methoxy groups -OCH3 is 1. The topological polar surface area (TPSA) is 73.3 Å². The number of para-hydroxylation sites is 1. The van der Waals surface area contributed by atoms with Gasteiger partial charge in [-0.1, -0.05) is 18.2 Å². The Labute approximate surface area is 109 Å². The van der Waals surface area contributed by atoms with Gasteiger partial charge in [0.2, 0.25) is 5.75 Å². The molecular formula is C13H14N2O4. The first-order chi connectivity index (χ1) is 9.19. The third kappa shape index (κ3) is 2.37. The lowest BCUT2D eigenvalue weighted by molar-refractivity contribution is 0.0515. The number of carbonyl (C=O) groups is 1. The number of aromatic amines is 1. The predicted octanol–water partition coefficient (Wildman–Crippen LogP) is 1.35. The lowest BCUT2D eigenvalue weighted by Gasteiger charge is -2.01. The van der Waals surface area contributed by atoms with Crippen molar-refractivity contribution in [2.24, 2.45) is 0 Å². The Morgan fingerprint density at radius 1 is 1.32 bits per heavy atom. The average Bonchev–Trinajstić information content (AvgIpc) is 2.77. The number of aromatic nitrogens is 2. The van der Waals surface area contributed by atoms with Crippen LogP contribution in [-0.2, 0) is 4.74 Å². The van der Waals surface area contributed by atoms with Gasteiger partial charge in [-0.2, -0.15) is 0 Å². The molecule has 1 aromatic heterocycles. The van der Waals surface area contributed by atoms with E-state index >= 15 is 0 Å². The van der Waals surface area contributed by atoms with Crippen LogP contribution in [0.15, 0.2) is 35.1 Å². The van der Waals surface area contributed by atoms with E-state index in [0.29, 0.717) is 5.69 Å². The zero-order chi connectivity index (χ0) is 13.8. The van der Waals surface area contributed by atoms with Crippen LogP contribution in [-0.4, -0.2) is 29.5 Å². The Hall–Kier alpha value is -2.50. The van der Waals surface area contributed by atoms with Crippen LogP contribution in [0.4, 0.5) is 0 Å². The number of ether oxygens (including phenoxy) is 2. The molecule has 2 rings (SSSR count). The van der Waals surface area contributed by atoms with Gasteiger partial charge in [-0.05, 0) is 19.1 Å². The van der Waals surface area contributed by atoms with Crippen molar-refractivity contribution in [2.75, 3.05) is 13.7 Å². The van der Waals surface area contributed by atoms with Crippen molar-refractivity contribution >= 4 is 5.97 Å². The second kappa shape index (κ2) is 5.43. The molecule has 0 amide bonds. The summed E-state index contributed by atoms with van der Waals surface area (Å²) in [4.78, 5) is 23.9. The van der Waals surface area contributed by atoms with Gasteiger partial charge >= 0.3 is 11.5 Å². The fraction of sp³-hybridized carbons (Fsp3) is 0.231. The number of esters is 1. The second-order valence-electron chi connectivity index (χ2n) is 3.72. The summed E-state index contributed by atoms with van der Waals surface area (Å²) in [5, 5.41) is 2.71. The van der Waals surface area contributed by atoms with E-state index in [2.05, 4.69) is 5.10 Å². The molecule has 0 unspecified atom stereocenters. The normalized spacial score (nSPS) is 10.2. The molecule has 19 heavy (non-hydrogen) atoms. The molecule has 1 heterocycles. The molecule has 1 N–H and O–H groups in total. The number of rotatable bonds is 4. The lowest BCUT2D eigenvalue weighted by atomic mass is 10.3. The van der Waals surface area contributed by atoms with Gasteiger partial charge in [0.15, 0.2) is 5.69 Å². The van der Waals surface area contributed by atoms with Crippen molar-refractivity contribution in [3.05, 3.63) is 46.4 Å². The summed E-state index contributed by atoms with van der Waals surface area (Å²) in [5.74, 6) is -0.673. The zero-order valence-electron chi connectivity index (χ0n) is 10.7. The molecule has 0 aliphatic rings. The number of nitrogens with one attached hydrogen (secondary N) is 1. The van der Waals surface area contributed by atoms with Crippen molar-refractivity contribution in [1.82, 2.24) is 9.78 Å². The first-order valence-electron chi connectivity index (χ1n) is 5.80. The van der Waals surface area contributed by atoms with Crippen molar-refractivity contribution in [3.8, 4) is 11.4 Å². The number of benzene rings is 1. The summed E-state index contributed by atoms with van der Waals surface area (Å²) in [6.45, 7) is 1.91. The highest BCUT2D eigenvalue weighted by molar-refractivity contribution is 5.90. The Morgan fingerprint density at radius 3 is 2.58 bits per heavy atom. The van der Waals surface area contributed by atoms with Crippen molar-refractivity contribution in [3.63, 3.8) is 0 Å². The van der Waals surface area contributed by atoms with Crippen LogP contribution < -0.4 is 10.3 Å². The van der Waals surface area contributed by atoms with Crippen LogP contribution in [0.2, 0.25) is 0 Å². The first kappa shape index (κ1) is 12.9. The van der Waals surface area contributed by atoms with Crippen LogP contribution in [0.25, 0.3) is 5.69 Å². The molecule has 0 spiro atoms. The highest BCUT2D eigenvalue weighted by Gasteiger charge is 2.22. The quantitative estimate of drug-likeness (QED) is 0.844. The Morgan fingerprint density at radius 2 is 2.00 bits per heavy atom. The van der Waals surface area contributed by atoms with E-state index in [1.54, 1.807) is 31.2 Å². The maximum Gasteiger partial charge on any atom is 0.360 e. The Balaban J connectivity index is 2.54. The van der Waals surface area contributed by atoms with E-state index in [4.69, 9.17) is 9.47 Å². The summed E-state index contributed by atoms with van der Waals surface area (Å²) in [7, 11) is 1.34. The Kier molecular flexibility index (Phi) is 3.70. The minimum atomic E-state index is -0.619. The number of carbonyl (C=O) groups excluding carboxylic acids is 1. The summed E-state index contributed by atoms with van der Waals surface area (Å²) in [6.07, 6.45) is 0. The molecule has 0 radical (unpaired) electrons. The van der Waals surface area contributed by atoms with Gasteiger partial charge in [0.05, 0.1) is 19.4 Å². The molecule has 0 saturated carbocycles. The van der Waals surface area contributed by atoms with E-state index in [-0.39, 0.29) is 18.1 Å². The largest absolute Gasteiger partial charge is 0.489 e. The van der Waals surface area contributed by atoms with Crippen molar-refractivity contribution in [2.45, 2.75) is 6.92 Å². The zero-order valence-corrected chi connectivity index (χ0v) is 10.7. The maximum absolute atomic E-state index is 12.1. The number of H-pyrrole nitrogens is 1. The molecule has 0 aliphatic heterocycles. The minimum absolute atomic E-state index is 0.0122. The standard InChI is InChI=1S/C13H14N2O4/c1-3-19-13(17)10-11(18-2)12(16)15(14-10)9-7-5-4-6-8-9/h4-8,14H,3H2,1-2H3. The van der Waals surface area contributed by atoms with Gasteiger partial charge in [-0.3, -0.25) is 9.89 Å². The van der Waals surface area contributed by atoms with Gasteiger partial charge in [-0.25, -0.2) is 9.48 Å². The fourth-order valence-corrected chi connectivity index (χ4v) is 1.71. The van der Waals surface area contributed by atoms with E-state index in [1.165, 1.54) is 11.8 Å². The molecule has 2 aromatic rings. The second-order valence-corrected chi connectivity index (χ2v) is 3.72. The van der Waals surface area contributed by atoms with Crippen molar-refractivity contribution in [1.29, 1.82) is 0 Å². The summed E-state index contributed by atoms with van der Waals surface area (Å²) in [6, 6.07) is 8.90. The first-order valence-corrected chi connectivity index (χ1v) is 5.80. The summed E-state index contributed by atoms with van der Waals surface area (Å²) < 4.78 is 11.1. The van der Waals surface area contributed by atoms with Gasteiger partial charge in [-0.15, -0.1) is 0 Å². The average molecular weight is 262 g/mol. The molecule has 100 valence electrons. The van der Waals surface area contributed by atoms with Crippen LogP contribution in [0.3, 0.4) is 0 Å². The molecule has 0 aliphatic carbocycles. The highest BCUT2D eigenvalue weighted by atomic mass is 16.5. The Bertz CT molecular complexity index is 628.